The van der Waals surface area contributed by atoms with Crippen LogP contribution in [0.1, 0.15) is 36.3 Å². The number of nitrogens with zero attached hydrogens (tertiary/aromatic N) is 2. The van der Waals surface area contributed by atoms with Crippen molar-refractivity contribution >= 4 is 16.7 Å². The normalized spacial score (nSPS) is 20.3. The SMILES string of the molecule is COc1cccc(CNCC2(C3(Nc4nc(-c5ccccc5)nc5ccccc45)CC3c3cc(F)cc(F)c3)CC2)c1. The Morgan fingerprint density at radius 1 is 0.857 bits per heavy atom. The standard InChI is InChI=1S/C35H32F2N4O/c1-42-28-11-7-8-23(16-28)21-38-22-34(14-15-34)35(20-30(35)25-17-26(36)19-27(37)18-25)41-33-29-12-5-6-13-31(29)39-32(40-33)24-9-3-2-4-10-24/h2-13,16-19,30,38H,14-15,20-22H2,1H3,(H,39,40,41). The summed E-state index contributed by atoms with van der Waals surface area (Å²) in [5.41, 5.74) is 3.08. The molecule has 0 bridgehead atoms. The first-order valence-electron chi connectivity index (χ1n) is 14.4. The number of methoxy groups -OCH3 is 1. The number of fused-ring (bicyclic) bond motifs is 1. The molecule has 212 valence electrons. The van der Waals surface area contributed by atoms with Crippen molar-refractivity contribution in [3.63, 3.8) is 0 Å². The van der Waals surface area contributed by atoms with Crippen molar-refractivity contribution in [3.8, 4) is 17.1 Å². The Balaban J connectivity index is 1.25. The van der Waals surface area contributed by atoms with Gasteiger partial charge in [0.05, 0.1) is 18.2 Å². The molecule has 2 aliphatic rings. The lowest BCUT2D eigenvalue weighted by Gasteiger charge is -2.31. The minimum Gasteiger partial charge on any atom is -0.497 e. The lowest BCUT2D eigenvalue weighted by molar-refractivity contribution is 0.366. The van der Waals surface area contributed by atoms with Gasteiger partial charge >= 0.3 is 0 Å². The van der Waals surface area contributed by atoms with E-state index in [1.165, 1.54) is 12.1 Å². The van der Waals surface area contributed by atoms with Crippen LogP contribution in [0.3, 0.4) is 0 Å². The predicted molar refractivity (Wildman–Crippen MR) is 161 cm³/mol. The van der Waals surface area contributed by atoms with Gasteiger partial charge in [0, 0.05) is 41.4 Å². The number of para-hydroxylation sites is 1. The molecule has 2 atom stereocenters. The molecule has 7 heteroatoms. The monoisotopic (exact) mass is 562 g/mol. The van der Waals surface area contributed by atoms with Crippen LogP contribution in [-0.4, -0.2) is 29.2 Å². The summed E-state index contributed by atoms with van der Waals surface area (Å²) in [6, 6.07) is 29.9. The second-order valence-electron chi connectivity index (χ2n) is 11.6. The average Bonchev–Trinajstić information content (AvgIpc) is 3.94. The average molecular weight is 563 g/mol. The van der Waals surface area contributed by atoms with E-state index < -0.39 is 17.2 Å². The van der Waals surface area contributed by atoms with E-state index in [1.54, 1.807) is 7.11 Å². The van der Waals surface area contributed by atoms with Crippen LogP contribution < -0.4 is 15.4 Å². The van der Waals surface area contributed by atoms with Crippen molar-refractivity contribution in [2.75, 3.05) is 19.0 Å². The van der Waals surface area contributed by atoms with Gasteiger partial charge in [0.2, 0.25) is 0 Å². The zero-order chi connectivity index (χ0) is 28.7. The molecule has 5 aromatic rings. The second kappa shape index (κ2) is 10.5. The number of hydrogen-bond donors (Lipinski definition) is 2. The quantitative estimate of drug-likeness (QED) is 0.185. The number of hydrogen-bond acceptors (Lipinski definition) is 5. The van der Waals surface area contributed by atoms with Gasteiger partial charge < -0.3 is 15.4 Å². The van der Waals surface area contributed by atoms with Gasteiger partial charge in [-0.25, -0.2) is 18.7 Å². The van der Waals surface area contributed by atoms with Crippen LogP contribution in [0.2, 0.25) is 0 Å². The molecule has 2 unspecified atom stereocenters. The summed E-state index contributed by atoms with van der Waals surface area (Å²) in [6.45, 7) is 1.46. The summed E-state index contributed by atoms with van der Waals surface area (Å²) in [7, 11) is 1.67. The van der Waals surface area contributed by atoms with E-state index in [2.05, 4.69) is 16.7 Å². The van der Waals surface area contributed by atoms with Crippen molar-refractivity contribution in [2.45, 2.75) is 37.3 Å². The largest absolute Gasteiger partial charge is 0.497 e. The summed E-state index contributed by atoms with van der Waals surface area (Å²) in [5, 5.41) is 8.49. The molecule has 2 fully saturated rings. The van der Waals surface area contributed by atoms with Crippen molar-refractivity contribution in [1.29, 1.82) is 0 Å². The molecule has 0 radical (unpaired) electrons. The molecule has 0 saturated heterocycles. The number of ether oxygens (including phenoxy) is 1. The molecule has 2 aliphatic carbocycles. The summed E-state index contributed by atoms with van der Waals surface area (Å²) in [6.07, 6.45) is 2.78. The Morgan fingerprint density at radius 2 is 1.62 bits per heavy atom. The molecule has 1 aromatic heterocycles. The first kappa shape index (κ1) is 26.5. The van der Waals surface area contributed by atoms with Gasteiger partial charge in [-0.1, -0.05) is 54.6 Å². The smallest absolute Gasteiger partial charge is 0.162 e. The van der Waals surface area contributed by atoms with E-state index in [0.717, 1.165) is 65.5 Å². The van der Waals surface area contributed by atoms with Gasteiger partial charge in [0.15, 0.2) is 5.82 Å². The highest BCUT2D eigenvalue weighted by atomic mass is 19.1. The third-order valence-corrected chi connectivity index (χ3v) is 8.95. The number of rotatable bonds is 10. The molecule has 0 spiro atoms. The Morgan fingerprint density at radius 3 is 2.38 bits per heavy atom. The lowest BCUT2D eigenvalue weighted by atomic mass is 9.88. The minimum atomic E-state index is -0.550. The van der Waals surface area contributed by atoms with Crippen LogP contribution in [0.25, 0.3) is 22.3 Å². The van der Waals surface area contributed by atoms with E-state index in [1.807, 2.05) is 72.8 Å². The summed E-state index contributed by atoms with van der Waals surface area (Å²) >= 11 is 0. The van der Waals surface area contributed by atoms with Gasteiger partial charge in [-0.2, -0.15) is 0 Å². The van der Waals surface area contributed by atoms with Crippen LogP contribution in [0.5, 0.6) is 5.75 Å². The summed E-state index contributed by atoms with van der Waals surface area (Å²) in [4.78, 5) is 9.90. The highest BCUT2D eigenvalue weighted by Gasteiger charge is 2.71. The summed E-state index contributed by atoms with van der Waals surface area (Å²) in [5.74, 6) is 1.06. The Kier molecular flexibility index (Phi) is 6.62. The minimum absolute atomic E-state index is 0.0577. The zero-order valence-corrected chi connectivity index (χ0v) is 23.4. The second-order valence-corrected chi connectivity index (χ2v) is 11.6. The molecular weight excluding hydrogens is 530 g/mol. The molecule has 5 nitrogen and oxygen atoms in total. The molecule has 42 heavy (non-hydrogen) atoms. The fourth-order valence-corrected chi connectivity index (χ4v) is 6.56. The zero-order valence-electron chi connectivity index (χ0n) is 23.4. The van der Waals surface area contributed by atoms with Crippen LogP contribution in [0.15, 0.2) is 97.1 Å². The van der Waals surface area contributed by atoms with Crippen LogP contribution in [-0.2, 0) is 6.54 Å². The molecule has 2 N–H and O–H groups in total. The first-order chi connectivity index (χ1) is 20.5. The van der Waals surface area contributed by atoms with Gasteiger partial charge in [-0.3, -0.25) is 0 Å². The van der Waals surface area contributed by atoms with E-state index in [9.17, 15) is 8.78 Å². The van der Waals surface area contributed by atoms with Gasteiger partial charge in [-0.15, -0.1) is 0 Å². The van der Waals surface area contributed by atoms with Crippen LogP contribution >= 0.6 is 0 Å². The number of nitrogens with one attached hydrogen (secondary N) is 2. The van der Waals surface area contributed by atoms with E-state index in [4.69, 9.17) is 14.7 Å². The van der Waals surface area contributed by atoms with E-state index in [0.29, 0.717) is 17.9 Å². The highest BCUT2D eigenvalue weighted by Crippen LogP contribution is 2.71. The topological polar surface area (TPSA) is 59.1 Å². The Labute approximate surface area is 244 Å². The first-order valence-corrected chi connectivity index (χ1v) is 14.4. The van der Waals surface area contributed by atoms with Crippen molar-refractivity contribution in [1.82, 2.24) is 15.3 Å². The van der Waals surface area contributed by atoms with Gasteiger partial charge in [-0.05, 0) is 66.8 Å². The van der Waals surface area contributed by atoms with Crippen molar-refractivity contribution < 1.29 is 13.5 Å². The van der Waals surface area contributed by atoms with Crippen LogP contribution in [0.4, 0.5) is 14.6 Å². The molecule has 2 saturated carbocycles. The maximum atomic E-state index is 14.4. The molecule has 0 amide bonds. The van der Waals surface area contributed by atoms with Crippen molar-refractivity contribution in [2.24, 2.45) is 5.41 Å². The number of aromatic nitrogens is 2. The van der Waals surface area contributed by atoms with Gasteiger partial charge in [0.1, 0.15) is 23.2 Å². The summed E-state index contributed by atoms with van der Waals surface area (Å²) < 4.78 is 34.2. The lowest BCUT2D eigenvalue weighted by Crippen LogP contribution is -2.42. The Bertz CT molecular complexity index is 1740. The molecular formula is C35H32F2N4O. The molecule has 4 aromatic carbocycles. The number of benzene rings is 4. The third-order valence-electron chi connectivity index (χ3n) is 8.95. The van der Waals surface area contributed by atoms with Crippen molar-refractivity contribution in [3.05, 3.63) is 120 Å². The number of halogens is 2. The van der Waals surface area contributed by atoms with Gasteiger partial charge in [0.25, 0.3) is 0 Å². The molecule has 0 aliphatic heterocycles. The Hall–Kier alpha value is -4.36. The predicted octanol–water partition coefficient (Wildman–Crippen LogP) is 7.49. The highest BCUT2D eigenvalue weighted by molar-refractivity contribution is 5.91. The molecule has 1 heterocycles. The fourth-order valence-electron chi connectivity index (χ4n) is 6.56. The van der Waals surface area contributed by atoms with E-state index >= 15 is 0 Å². The number of anilines is 1. The van der Waals surface area contributed by atoms with Crippen LogP contribution in [0, 0.1) is 17.0 Å². The van der Waals surface area contributed by atoms with E-state index in [-0.39, 0.29) is 11.3 Å². The fraction of sp³-hybridized carbons (Fsp3) is 0.257. The maximum Gasteiger partial charge on any atom is 0.162 e. The maximum absolute atomic E-state index is 14.4. The third kappa shape index (κ3) is 4.88. The molecule has 7 rings (SSSR count).